The minimum absolute atomic E-state index is 0.204. The molecule has 3 aromatic carbocycles. The molecule has 0 aliphatic rings. The Labute approximate surface area is 244 Å². The number of carbonyl (C=O) groups excluding carboxylic acids is 1. The molecule has 0 spiro atoms. The fourth-order valence-electron chi connectivity index (χ4n) is 5.27. The number of nitrogens with zero attached hydrogens (tertiary/aromatic N) is 4. The maximum Gasteiger partial charge on any atom is 0.337 e. The van der Waals surface area contributed by atoms with E-state index in [0.717, 1.165) is 45.1 Å². The van der Waals surface area contributed by atoms with Crippen LogP contribution in [0.3, 0.4) is 0 Å². The van der Waals surface area contributed by atoms with Gasteiger partial charge >= 0.3 is 5.97 Å². The predicted molar refractivity (Wildman–Crippen MR) is 166 cm³/mol. The second kappa shape index (κ2) is 11.5. The van der Waals surface area contributed by atoms with Gasteiger partial charge in [-0.05, 0) is 92.4 Å². The molecule has 0 aliphatic carbocycles. The van der Waals surface area contributed by atoms with E-state index in [1.165, 1.54) is 11.8 Å². The van der Waals surface area contributed by atoms with Crippen molar-refractivity contribution >= 4 is 23.1 Å². The Hall–Kier alpha value is -4.98. The third-order valence-corrected chi connectivity index (χ3v) is 7.52. The molecule has 0 amide bonds. The van der Waals surface area contributed by atoms with Crippen molar-refractivity contribution in [2.75, 3.05) is 14.2 Å². The summed E-state index contributed by atoms with van der Waals surface area (Å²) in [4.78, 5) is 30.6. The van der Waals surface area contributed by atoms with Crippen LogP contribution in [0, 0.1) is 20.8 Å². The van der Waals surface area contributed by atoms with Crippen molar-refractivity contribution in [2.24, 2.45) is 5.10 Å². The van der Waals surface area contributed by atoms with Crippen LogP contribution in [0.25, 0.3) is 28.0 Å². The van der Waals surface area contributed by atoms with E-state index in [-0.39, 0.29) is 17.4 Å². The number of carbonyl (C=O) groups is 1. The van der Waals surface area contributed by atoms with E-state index in [4.69, 9.17) is 19.6 Å². The smallest absolute Gasteiger partial charge is 0.337 e. The Morgan fingerprint density at radius 3 is 2.36 bits per heavy atom. The van der Waals surface area contributed by atoms with Gasteiger partial charge < -0.3 is 14.0 Å². The summed E-state index contributed by atoms with van der Waals surface area (Å²) < 4.78 is 13.9. The molecule has 0 fully saturated rings. The Balaban J connectivity index is 1.65. The number of rotatable bonds is 7. The van der Waals surface area contributed by atoms with Gasteiger partial charge in [0.2, 0.25) is 0 Å². The van der Waals surface area contributed by atoms with Gasteiger partial charge in [-0.3, -0.25) is 4.79 Å². The van der Waals surface area contributed by atoms with E-state index in [0.29, 0.717) is 22.3 Å². The fourth-order valence-corrected chi connectivity index (χ4v) is 5.27. The minimum Gasteiger partial charge on any atom is -0.496 e. The van der Waals surface area contributed by atoms with Crippen LogP contribution in [-0.4, -0.2) is 40.6 Å². The number of hydrogen-bond donors (Lipinski definition) is 0. The molecule has 2 heterocycles. The van der Waals surface area contributed by atoms with Crippen LogP contribution in [0.5, 0.6) is 5.75 Å². The maximum atomic E-state index is 13.8. The minimum atomic E-state index is -0.381. The molecule has 5 aromatic rings. The van der Waals surface area contributed by atoms with Crippen LogP contribution < -0.4 is 10.3 Å². The van der Waals surface area contributed by atoms with E-state index in [1.54, 1.807) is 31.5 Å². The average Bonchev–Trinajstić information content (AvgIpc) is 3.28. The zero-order valence-corrected chi connectivity index (χ0v) is 24.9. The molecule has 0 radical (unpaired) electrons. The van der Waals surface area contributed by atoms with Gasteiger partial charge in [-0.1, -0.05) is 26.0 Å². The fraction of sp³-hybridized carbons (Fsp3) is 0.235. The highest BCUT2D eigenvalue weighted by Gasteiger charge is 2.19. The molecular formula is C34H34N4O4. The Morgan fingerprint density at radius 2 is 1.69 bits per heavy atom. The lowest BCUT2D eigenvalue weighted by Crippen LogP contribution is -2.21. The Kier molecular flexibility index (Phi) is 7.81. The van der Waals surface area contributed by atoms with E-state index in [9.17, 15) is 9.59 Å². The highest BCUT2D eigenvalue weighted by molar-refractivity contribution is 5.89. The molecule has 8 nitrogen and oxygen atoms in total. The first-order valence-corrected chi connectivity index (χ1v) is 13.8. The Morgan fingerprint density at radius 1 is 0.976 bits per heavy atom. The second-order valence-electron chi connectivity index (χ2n) is 10.6. The summed E-state index contributed by atoms with van der Waals surface area (Å²) in [5.74, 6) is 1.09. The number of ether oxygens (including phenoxy) is 2. The first-order chi connectivity index (χ1) is 20.1. The quantitative estimate of drug-likeness (QED) is 0.165. The standard InChI is InChI=1S/C34H34N4O4/c1-20(2)28-18-29(21(3)16-31(28)41-6)32-36-30-11-9-8-10-27(30)33(39)38(32)35-19-25-17-22(4)37(23(25)5)26-14-12-24(13-15-26)34(40)42-7/h8-20H,1-7H3. The van der Waals surface area contributed by atoms with Crippen LogP contribution >= 0.6 is 0 Å². The van der Waals surface area contributed by atoms with Gasteiger partial charge in [0.15, 0.2) is 5.82 Å². The van der Waals surface area contributed by atoms with Crippen molar-refractivity contribution in [3.8, 4) is 22.8 Å². The van der Waals surface area contributed by atoms with Crippen molar-refractivity contribution in [3.63, 3.8) is 0 Å². The number of fused-ring (bicyclic) bond motifs is 1. The van der Waals surface area contributed by atoms with E-state index in [2.05, 4.69) is 18.4 Å². The zero-order valence-electron chi connectivity index (χ0n) is 24.9. The number of hydrogen-bond acceptors (Lipinski definition) is 6. The molecule has 0 aliphatic heterocycles. The maximum absolute atomic E-state index is 13.8. The molecule has 0 unspecified atom stereocenters. The summed E-state index contributed by atoms with van der Waals surface area (Å²) in [5, 5.41) is 5.22. The number of methoxy groups -OCH3 is 2. The topological polar surface area (TPSA) is 87.7 Å². The van der Waals surface area contributed by atoms with Crippen LogP contribution in [0.1, 0.15) is 58.2 Å². The van der Waals surface area contributed by atoms with Gasteiger partial charge in [-0.15, -0.1) is 0 Å². The molecule has 8 heteroatoms. The molecular weight excluding hydrogens is 528 g/mol. The number of para-hydroxylation sites is 1. The molecule has 5 rings (SSSR count). The monoisotopic (exact) mass is 562 g/mol. The third-order valence-electron chi connectivity index (χ3n) is 7.52. The summed E-state index contributed by atoms with van der Waals surface area (Å²) in [7, 11) is 3.03. The summed E-state index contributed by atoms with van der Waals surface area (Å²) >= 11 is 0. The van der Waals surface area contributed by atoms with Crippen LogP contribution in [-0.2, 0) is 4.74 Å². The van der Waals surface area contributed by atoms with Gasteiger partial charge in [-0.25, -0.2) is 9.78 Å². The van der Waals surface area contributed by atoms with Gasteiger partial charge in [0, 0.05) is 28.2 Å². The van der Waals surface area contributed by atoms with Gasteiger partial charge in [-0.2, -0.15) is 9.78 Å². The highest BCUT2D eigenvalue weighted by atomic mass is 16.5. The van der Waals surface area contributed by atoms with Crippen molar-refractivity contribution in [1.82, 2.24) is 14.2 Å². The molecule has 42 heavy (non-hydrogen) atoms. The number of esters is 1. The van der Waals surface area contributed by atoms with E-state index in [1.807, 2.05) is 69.3 Å². The molecule has 0 saturated heterocycles. The van der Waals surface area contributed by atoms with Crippen LogP contribution in [0.15, 0.2) is 76.6 Å². The number of aromatic nitrogens is 3. The van der Waals surface area contributed by atoms with E-state index < -0.39 is 0 Å². The average molecular weight is 563 g/mol. The normalized spacial score (nSPS) is 11.5. The lowest BCUT2D eigenvalue weighted by atomic mass is 9.96. The second-order valence-corrected chi connectivity index (χ2v) is 10.6. The van der Waals surface area contributed by atoms with Gasteiger partial charge in [0.1, 0.15) is 5.75 Å². The molecule has 0 saturated carbocycles. The van der Waals surface area contributed by atoms with Crippen molar-refractivity contribution in [1.29, 1.82) is 0 Å². The van der Waals surface area contributed by atoms with Crippen LogP contribution in [0.2, 0.25) is 0 Å². The largest absolute Gasteiger partial charge is 0.496 e. The summed E-state index contributed by atoms with van der Waals surface area (Å²) in [5.41, 5.74) is 7.28. The van der Waals surface area contributed by atoms with Gasteiger partial charge in [0.25, 0.3) is 5.56 Å². The third kappa shape index (κ3) is 5.11. The lowest BCUT2D eigenvalue weighted by Gasteiger charge is -2.17. The SMILES string of the molecule is COC(=O)c1ccc(-n2c(C)cc(C=Nn3c(-c4cc(C(C)C)c(OC)cc4C)nc4ccccc4c3=O)c2C)cc1. The summed E-state index contributed by atoms with van der Waals surface area (Å²) in [6.45, 7) is 10.2. The first kappa shape index (κ1) is 28.5. The van der Waals surface area contributed by atoms with Gasteiger partial charge in [0.05, 0.1) is 36.9 Å². The van der Waals surface area contributed by atoms with Crippen LogP contribution in [0.4, 0.5) is 0 Å². The number of benzene rings is 3. The predicted octanol–water partition coefficient (Wildman–Crippen LogP) is 6.58. The van der Waals surface area contributed by atoms with Crippen molar-refractivity contribution in [2.45, 2.75) is 40.5 Å². The lowest BCUT2D eigenvalue weighted by molar-refractivity contribution is 0.0600. The van der Waals surface area contributed by atoms with Crippen molar-refractivity contribution < 1.29 is 14.3 Å². The highest BCUT2D eigenvalue weighted by Crippen LogP contribution is 2.34. The van der Waals surface area contributed by atoms with Crippen molar-refractivity contribution in [3.05, 3.63) is 111 Å². The molecule has 0 atom stereocenters. The Bertz CT molecular complexity index is 1900. The first-order valence-electron chi connectivity index (χ1n) is 13.8. The van der Waals surface area contributed by atoms with E-state index >= 15 is 0 Å². The number of aryl methyl sites for hydroxylation is 2. The molecule has 214 valence electrons. The molecule has 2 aromatic heterocycles. The molecule has 0 N–H and O–H groups in total. The molecule has 0 bridgehead atoms. The summed E-state index contributed by atoms with van der Waals surface area (Å²) in [6.07, 6.45) is 1.70. The zero-order chi connectivity index (χ0) is 30.1. The summed E-state index contributed by atoms with van der Waals surface area (Å²) in [6, 6.07) is 20.6.